The van der Waals surface area contributed by atoms with Gasteiger partial charge in [0.25, 0.3) is 0 Å². The van der Waals surface area contributed by atoms with Crippen molar-refractivity contribution in [2.45, 2.75) is 12.2 Å². The maximum absolute atomic E-state index is 13.8. The highest BCUT2D eigenvalue weighted by Crippen LogP contribution is 2.24. The topological polar surface area (TPSA) is 61.2 Å². The van der Waals surface area contributed by atoms with Crippen LogP contribution in [-0.2, 0) is 9.84 Å². The molecule has 1 atom stereocenters. The van der Waals surface area contributed by atoms with Crippen molar-refractivity contribution in [1.29, 1.82) is 5.26 Å². The molecule has 96 valence electrons. The molecule has 0 bridgehead atoms. The molecule has 0 aliphatic carbocycles. The SMILES string of the molecule is CC1CN(c2ccc(C#N)cc2F)CCS1(=O)=O. The van der Waals surface area contributed by atoms with Crippen molar-refractivity contribution in [1.82, 2.24) is 0 Å². The van der Waals surface area contributed by atoms with Gasteiger partial charge in [-0.15, -0.1) is 0 Å². The summed E-state index contributed by atoms with van der Waals surface area (Å²) in [6.07, 6.45) is 0. The Morgan fingerprint density at radius 3 is 2.78 bits per heavy atom. The van der Waals surface area contributed by atoms with E-state index in [2.05, 4.69) is 0 Å². The fourth-order valence-corrected chi connectivity index (χ4v) is 3.29. The number of nitriles is 1. The lowest BCUT2D eigenvalue weighted by Crippen LogP contribution is -2.45. The van der Waals surface area contributed by atoms with E-state index in [0.29, 0.717) is 5.69 Å². The highest BCUT2D eigenvalue weighted by atomic mass is 32.2. The number of anilines is 1. The molecule has 1 saturated heterocycles. The lowest BCUT2D eigenvalue weighted by molar-refractivity contribution is 0.564. The Bertz CT molecular complexity index is 607. The number of sulfone groups is 1. The monoisotopic (exact) mass is 268 g/mol. The molecule has 0 N–H and O–H groups in total. The summed E-state index contributed by atoms with van der Waals surface area (Å²) in [5.74, 6) is -0.450. The third-order valence-electron chi connectivity index (χ3n) is 3.15. The lowest BCUT2D eigenvalue weighted by atomic mass is 10.2. The standard InChI is InChI=1S/C12H13FN2O2S/c1-9-8-15(4-5-18(9,16)17)12-3-2-10(7-14)6-11(12)13/h2-3,6,9H,4-5,8H2,1H3. The zero-order valence-corrected chi connectivity index (χ0v) is 10.7. The second-order valence-electron chi connectivity index (χ2n) is 4.40. The summed E-state index contributed by atoms with van der Waals surface area (Å²) in [5, 5.41) is 8.17. The first-order valence-electron chi connectivity index (χ1n) is 5.60. The Balaban J connectivity index is 2.27. The van der Waals surface area contributed by atoms with Gasteiger partial charge in [-0.25, -0.2) is 12.8 Å². The molecule has 4 nitrogen and oxygen atoms in total. The fourth-order valence-electron chi connectivity index (χ4n) is 2.01. The molecule has 6 heteroatoms. The Morgan fingerprint density at radius 2 is 2.22 bits per heavy atom. The minimum Gasteiger partial charge on any atom is -0.367 e. The zero-order chi connectivity index (χ0) is 13.3. The average molecular weight is 268 g/mol. The number of halogens is 1. The van der Waals surface area contributed by atoms with Crippen molar-refractivity contribution in [3.8, 4) is 6.07 Å². The van der Waals surface area contributed by atoms with Crippen LogP contribution in [0.1, 0.15) is 12.5 Å². The van der Waals surface area contributed by atoms with Crippen LogP contribution in [0.3, 0.4) is 0 Å². The molecule has 1 aliphatic heterocycles. The summed E-state index contributed by atoms with van der Waals surface area (Å²) in [6, 6.07) is 6.10. The lowest BCUT2D eigenvalue weighted by Gasteiger charge is -2.32. The molecule has 1 aromatic rings. The van der Waals surface area contributed by atoms with E-state index in [0.717, 1.165) is 0 Å². The van der Waals surface area contributed by atoms with Crippen molar-refractivity contribution in [3.05, 3.63) is 29.6 Å². The van der Waals surface area contributed by atoms with Gasteiger partial charge < -0.3 is 4.90 Å². The van der Waals surface area contributed by atoms with Crippen molar-refractivity contribution < 1.29 is 12.8 Å². The van der Waals surface area contributed by atoms with Gasteiger partial charge in [0.05, 0.1) is 28.3 Å². The first-order chi connectivity index (χ1) is 8.44. The third kappa shape index (κ3) is 2.31. The van der Waals surface area contributed by atoms with E-state index in [4.69, 9.17) is 5.26 Å². The molecular formula is C12H13FN2O2S. The van der Waals surface area contributed by atoms with Crippen LogP contribution < -0.4 is 4.90 Å². The molecule has 1 aromatic carbocycles. The molecule has 1 fully saturated rings. The molecule has 0 saturated carbocycles. The van der Waals surface area contributed by atoms with Crippen LogP contribution in [-0.4, -0.2) is 32.5 Å². The summed E-state index contributed by atoms with van der Waals surface area (Å²) in [5.41, 5.74) is 0.615. The van der Waals surface area contributed by atoms with Crippen molar-refractivity contribution in [3.63, 3.8) is 0 Å². The molecule has 2 rings (SSSR count). The smallest absolute Gasteiger partial charge is 0.156 e. The number of benzene rings is 1. The fraction of sp³-hybridized carbons (Fsp3) is 0.417. The molecule has 0 radical (unpaired) electrons. The van der Waals surface area contributed by atoms with E-state index in [1.165, 1.54) is 18.2 Å². The number of hydrogen-bond acceptors (Lipinski definition) is 4. The maximum Gasteiger partial charge on any atom is 0.156 e. The third-order valence-corrected chi connectivity index (χ3v) is 5.28. The van der Waals surface area contributed by atoms with Gasteiger partial charge in [0, 0.05) is 13.1 Å². The van der Waals surface area contributed by atoms with E-state index in [9.17, 15) is 12.8 Å². The minimum absolute atomic E-state index is 0.0353. The Morgan fingerprint density at radius 1 is 1.50 bits per heavy atom. The normalized spacial score (nSPS) is 22.5. The van der Waals surface area contributed by atoms with Gasteiger partial charge in [-0.3, -0.25) is 0 Å². The highest BCUT2D eigenvalue weighted by Gasteiger charge is 2.30. The molecule has 18 heavy (non-hydrogen) atoms. The molecule has 1 heterocycles. The zero-order valence-electron chi connectivity index (χ0n) is 9.93. The molecule has 0 spiro atoms. The van der Waals surface area contributed by atoms with Gasteiger partial charge in [0.15, 0.2) is 9.84 Å². The van der Waals surface area contributed by atoms with Crippen molar-refractivity contribution >= 4 is 15.5 Å². The minimum atomic E-state index is -3.04. The molecule has 0 aromatic heterocycles. The van der Waals surface area contributed by atoms with Crippen molar-refractivity contribution in [2.24, 2.45) is 0 Å². The molecular weight excluding hydrogens is 255 g/mol. The van der Waals surface area contributed by atoms with Crippen molar-refractivity contribution in [2.75, 3.05) is 23.7 Å². The largest absolute Gasteiger partial charge is 0.367 e. The van der Waals surface area contributed by atoms with E-state index in [1.54, 1.807) is 11.8 Å². The van der Waals surface area contributed by atoms with Gasteiger partial charge in [0.2, 0.25) is 0 Å². The van der Waals surface area contributed by atoms with Crippen LogP contribution in [0.4, 0.5) is 10.1 Å². The second kappa shape index (κ2) is 4.58. The van der Waals surface area contributed by atoms with E-state index >= 15 is 0 Å². The Hall–Kier alpha value is -1.61. The highest BCUT2D eigenvalue weighted by molar-refractivity contribution is 7.92. The molecule has 1 aliphatic rings. The molecule has 0 amide bonds. The van der Waals surface area contributed by atoms with Gasteiger partial charge in [-0.05, 0) is 25.1 Å². The Kier molecular flexibility index (Phi) is 3.26. The average Bonchev–Trinajstić information content (AvgIpc) is 2.33. The number of nitrogens with zero attached hydrogens (tertiary/aromatic N) is 2. The van der Waals surface area contributed by atoms with Crippen LogP contribution in [0.2, 0.25) is 0 Å². The molecule has 1 unspecified atom stereocenters. The predicted molar refractivity (Wildman–Crippen MR) is 66.6 cm³/mol. The quantitative estimate of drug-likeness (QED) is 0.770. The van der Waals surface area contributed by atoms with Gasteiger partial charge >= 0.3 is 0 Å². The van der Waals surface area contributed by atoms with Crippen LogP contribution in [0, 0.1) is 17.1 Å². The summed E-state index contributed by atoms with van der Waals surface area (Å²) >= 11 is 0. The summed E-state index contributed by atoms with van der Waals surface area (Å²) in [4.78, 5) is 1.71. The first-order valence-corrected chi connectivity index (χ1v) is 7.32. The summed E-state index contributed by atoms with van der Waals surface area (Å²) in [7, 11) is -3.04. The summed E-state index contributed by atoms with van der Waals surface area (Å²) < 4.78 is 37.0. The summed E-state index contributed by atoms with van der Waals surface area (Å²) in [6.45, 7) is 2.20. The second-order valence-corrected chi connectivity index (χ2v) is 6.94. The van der Waals surface area contributed by atoms with Gasteiger partial charge in [-0.2, -0.15) is 5.26 Å². The van der Waals surface area contributed by atoms with Gasteiger partial charge in [0.1, 0.15) is 5.82 Å². The number of hydrogen-bond donors (Lipinski definition) is 0. The Labute approximate surface area is 106 Å². The predicted octanol–water partition coefficient (Wildman–Crippen LogP) is 1.32. The van der Waals surface area contributed by atoms with Crippen LogP contribution in [0.5, 0.6) is 0 Å². The van der Waals surface area contributed by atoms with Gasteiger partial charge in [-0.1, -0.05) is 0 Å². The van der Waals surface area contributed by atoms with Crippen LogP contribution in [0.25, 0.3) is 0 Å². The van der Waals surface area contributed by atoms with E-state index in [-0.39, 0.29) is 24.4 Å². The number of rotatable bonds is 1. The van der Waals surface area contributed by atoms with E-state index < -0.39 is 20.9 Å². The van der Waals surface area contributed by atoms with Crippen LogP contribution in [0.15, 0.2) is 18.2 Å². The van der Waals surface area contributed by atoms with E-state index in [1.807, 2.05) is 6.07 Å². The first kappa shape index (κ1) is 12.8. The maximum atomic E-state index is 13.8. The van der Waals surface area contributed by atoms with Crippen LogP contribution >= 0.6 is 0 Å².